The number of amides is 1. The van der Waals surface area contributed by atoms with Crippen molar-refractivity contribution in [3.05, 3.63) is 35.9 Å². The van der Waals surface area contributed by atoms with E-state index in [2.05, 4.69) is 34.5 Å². The van der Waals surface area contributed by atoms with Gasteiger partial charge in [0.15, 0.2) is 9.84 Å². The van der Waals surface area contributed by atoms with Crippen LogP contribution >= 0.6 is 0 Å². The van der Waals surface area contributed by atoms with Gasteiger partial charge in [-0.2, -0.15) is 0 Å². The Balaban J connectivity index is 1.46. The zero-order chi connectivity index (χ0) is 18.6. The van der Waals surface area contributed by atoms with Crippen LogP contribution in [0.1, 0.15) is 37.7 Å². The van der Waals surface area contributed by atoms with Crippen LogP contribution in [0, 0.1) is 5.92 Å². The summed E-state index contributed by atoms with van der Waals surface area (Å²) >= 11 is 0. The van der Waals surface area contributed by atoms with Crippen molar-refractivity contribution in [3.8, 4) is 0 Å². The Morgan fingerprint density at radius 1 is 1.23 bits per heavy atom. The number of carbonyl (C=O) groups excluding carboxylic acids is 1. The fraction of sp³-hybridized carbons (Fsp3) is 0.650. The van der Waals surface area contributed by atoms with Gasteiger partial charge in [-0.1, -0.05) is 43.2 Å². The number of benzene rings is 1. The van der Waals surface area contributed by atoms with E-state index in [0.717, 1.165) is 45.3 Å². The van der Waals surface area contributed by atoms with E-state index in [-0.39, 0.29) is 5.91 Å². The number of sulfone groups is 1. The molecule has 6 heteroatoms. The molecule has 1 atom stereocenters. The zero-order valence-electron chi connectivity index (χ0n) is 15.6. The molecule has 1 amide bonds. The first-order chi connectivity index (χ1) is 12.4. The molecule has 2 fully saturated rings. The third kappa shape index (κ3) is 4.29. The zero-order valence-corrected chi connectivity index (χ0v) is 16.4. The van der Waals surface area contributed by atoms with Crippen molar-refractivity contribution >= 4 is 15.7 Å². The lowest BCUT2D eigenvalue weighted by molar-refractivity contribution is -0.123. The van der Waals surface area contributed by atoms with Crippen LogP contribution < -0.4 is 5.32 Å². The molecule has 1 saturated heterocycles. The van der Waals surface area contributed by atoms with E-state index in [9.17, 15) is 13.2 Å². The predicted octanol–water partition coefficient (Wildman–Crippen LogP) is 2.02. The molecule has 1 aliphatic heterocycles. The highest BCUT2D eigenvalue weighted by Gasteiger charge is 2.49. The highest BCUT2D eigenvalue weighted by molar-refractivity contribution is 7.92. The fourth-order valence-corrected chi connectivity index (χ4v) is 5.76. The molecule has 1 aromatic carbocycles. The minimum Gasteiger partial charge on any atom is -0.354 e. The summed E-state index contributed by atoms with van der Waals surface area (Å²) in [7, 11) is -3.38. The maximum atomic E-state index is 12.7. The summed E-state index contributed by atoms with van der Waals surface area (Å²) in [5.41, 5.74) is 1.35. The maximum Gasteiger partial charge on any atom is 0.241 e. The van der Waals surface area contributed by atoms with Crippen LogP contribution in [0.25, 0.3) is 0 Å². The molecule has 144 valence electrons. The van der Waals surface area contributed by atoms with E-state index in [0.29, 0.717) is 25.3 Å². The lowest BCUT2D eigenvalue weighted by Gasteiger charge is -2.26. The number of rotatable bonds is 7. The smallest absolute Gasteiger partial charge is 0.241 e. The third-order valence-corrected chi connectivity index (χ3v) is 8.03. The Kier molecular flexibility index (Phi) is 6.03. The van der Waals surface area contributed by atoms with Crippen LogP contribution in [0.3, 0.4) is 0 Å². The molecule has 5 nitrogen and oxygen atoms in total. The molecule has 1 saturated carbocycles. The minimum atomic E-state index is -3.38. The first-order valence-corrected chi connectivity index (χ1v) is 11.5. The molecule has 1 N–H and O–H groups in total. The Morgan fingerprint density at radius 2 is 1.92 bits per heavy atom. The number of nitrogens with zero attached hydrogens (tertiary/aromatic N) is 1. The Morgan fingerprint density at radius 3 is 2.58 bits per heavy atom. The molecule has 1 unspecified atom stereocenters. The molecule has 0 aromatic heterocycles. The van der Waals surface area contributed by atoms with Gasteiger partial charge in [-0.15, -0.1) is 0 Å². The van der Waals surface area contributed by atoms with Gasteiger partial charge in [0.05, 0.1) is 0 Å². The van der Waals surface area contributed by atoms with Crippen LogP contribution in [-0.4, -0.2) is 56.4 Å². The van der Waals surface area contributed by atoms with E-state index >= 15 is 0 Å². The number of nitrogens with one attached hydrogen (secondary N) is 1. The molecule has 0 bridgehead atoms. The predicted molar refractivity (Wildman–Crippen MR) is 104 cm³/mol. The van der Waals surface area contributed by atoms with E-state index < -0.39 is 14.6 Å². The molecule has 1 aliphatic carbocycles. The van der Waals surface area contributed by atoms with Crippen LogP contribution in [0.15, 0.2) is 30.3 Å². The van der Waals surface area contributed by atoms with Gasteiger partial charge in [-0.05, 0) is 43.7 Å². The van der Waals surface area contributed by atoms with Crippen LogP contribution in [0.5, 0.6) is 0 Å². The molecule has 3 rings (SSSR count). The first kappa shape index (κ1) is 19.4. The first-order valence-electron chi connectivity index (χ1n) is 9.65. The van der Waals surface area contributed by atoms with Gasteiger partial charge in [-0.25, -0.2) is 8.42 Å². The molecular weight excluding hydrogens is 348 g/mol. The summed E-state index contributed by atoms with van der Waals surface area (Å²) in [5.74, 6) is 0.132. The topological polar surface area (TPSA) is 66.5 Å². The average molecular weight is 379 g/mol. The molecule has 26 heavy (non-hydrogen) atoms. The number of carbonyl (C=O) groups is 1. The Bertz CT molecular complexity index is 712. The maximum absolute atomic E-state index is 12.7. The third-order valence-electron chi connectivity index (χ3n) is 6.02. The van der Waals surface area contributed by atoms with Gasteiger partial charge in [-0.3, -0.25) is 4.79 Å². The van der Waals surface area contributed by atoms with Crippen LogP contribution in [-0.2, 0) is 21.1 Å². The van der Waals surface area contributed by atoms with Crippen molar-refractivity contribution in [2.45, 2.75) is 43.3 Å². The van der Waals surface area contributed by atoms with E-state index in [4.69, 9.17) is 0 Å². The van der Waals surface area contributed by atoms with Gasteiger partial charge in [0.25, 0.3) is 0 Å². The molecule has 0 radical (unpaired) electrons. The summed E-state index contributed by atoms with van der Waals surface area (Å²) < 4.78 is 23.2. The largest absolute Gasteiger partial charge is 0.354 e. The van der Waals surface area contributed by atoms with Gasteiger partial charge in [0, 0.05) is 25.9 Å². The van der Waals surface area contributed by atoms with Crippen molar-refractivity contribution < 1.29 is 13.2 Å². The molecule has 2 aliphatic rings. The van der Waals surface area contributed by atoms with Gasteiger partial charge < -0.3 is 10.2 Å². The molecule has 1 aromatic rings. The summed E-state index contributed by atoms with van der Waals surface area (Å²) in [6, 6.07) is 10.5. The Labute approximate surface area is 157 Å². The number of hydrogen-bond donors (Lipinski definition) is 1. The summed E-state index contributed by atoms with van der Waals surface area (Å²) in [6.45, 7) is 3.63. The van der Waals surface area contributed by atoms with Crippen molar-refractivity contribution in [2.75, 3.05) is 32.4 Å². The minimum absolute atomic E-state index is 0.278. The number of likely N-dealkylation sites (tertiary alicyclic amines) is 1. The van der Waals surface area contributed by atoms with Gasteiger partial charge in [0.2, 0.25) is 5.91 Å². The second-order valence-electron chi connectivity index (χ2n) is 7.87. The number of hydrogen-bond acceptors (Lipinski definition) is 4. The van der Waals surface area contributed by atoms with Crippen LogP contribution in [0.4, 0.5) is 0 Å². The average Bonchev–Trinajstić information content (AvgIpc) is 3.28. The lowest BCUT2D eigenvalue weighted by Crippen LogP contribution is -2.51. The lowest BCUT2D eigenvalue weighted by atomic mass is 10.0. The second kappa shape index (κ2) is 8.09. The second-order valence-corrected chi connectivity index (χ2v) is 10.2. The van der Waals surface area contributed by atoms with Crippen molar-refractivity contribution in [1.29, 1.82) is 0 Å². The monoisotopic (exact) mass is 378 g/mol. The summed E-state index contributed by atoms with van der Waals surface area (Å²) in [4.78, 5) is 15.1. The fourth-order valence-electron chi connectivity index (χ4n) is 4.32. The van der Waals surface area contributed by atoms with E-state index in [1.54, 1.807) is 0 Å². The highest BCUT2D eigenvalue weighted by Crippen LogP contribution is 2.36. The normalized spacial score (nSPS) is 23.2. The van der Waals surface area contributed by atoms with E-state index in [1.807, 2.05) is 6.07 Å². The Hall–Kier alpha value is -1.40. The van der Waals surface area contributed by atoms with Crippen molar-refractivity contribution in [2.24, 2.45) is 5.92 Å². The standard InChI is InChI=1S/C20H30N2O3S/c1-26(24,25)20(11-5-6-12-20)19(23)21-15-18-10-14-22(16-18)13-9-17-7-3-2-4-8-17/h2-4,7-8,18H,5-6,9-16H2,1H3,(H,21,23). The van der Waals surface area contributed by atoms with Crippen molar-refractivity contribution in [3.63, 3.8) is 0 Å². The quantitative estimate of drug-likeness (QED) is 0.788. The molecular formula is C20H30N2O3S. The van der Waals surface area contributed by atoms with Gasteiger partial charge in [0.1, 0.15) is 4.75 Å². The van der Waals surface area contributed by atoms with Crippen LogP contribution in [0.2, 0.25) is 0 Å². The SMILES string of the molecule is CS(=O)(=O)C1(C(=O)NCC2CCN(CCc3ccccc3)C2)CCCC1. The van der Waals surface area contributed by atoms with E-state index in [1.165, 1.54) is 11.8 Å². The highest BCUT2D eigenvalue weighted by atomic mass is 32.2. The molecule has 0 spiro atoms. The summed E-state index contributed by atoms with van der Waals surface area (Å²) in [5, 5.41) is 2.96. The van der Waals surface area contributed by atoms with Crippen molar-refractivity contribution in [1.82, 2.24) is 10.2 Å². The summed E-state index contributed by atoms with van der Waals surface area (Å²) in [6.07, 6.45) is 5.86. The molecule has 1 heterocycles. The van der Waals surface area contributed by atoms with Gasteiger partial charge >= 0.3 is 0 Å².